The Kier molecular flexibility index (Phi) is 3.59. The topological polar surface area (TPSA) is 34.1 Å². The molecular weight excluding hydrogens is 256 g/mol. The normalized spacial score (nSPS) is 21.3. The Morgan fingerprint density at radius 2 is 2.47 bits per heavy atom. The van der Waals surface area contributed by atoms with E-state index in [1.807, 2.05) is 13.0 Å². The number of nitrogens with zero attached hydrogens (tertiary/aromatic N) is 1. The lowest BCUT2D eigenvalue weighted by Gasteiger charge is -2.23. The van der Waals surface area contributed by atoms with Gasteiger partial charge in [-0.15, -0.1) is 0 Å². The molecular formula is C11H15BrN2O. The number of nitrogens with one attached hydrogen (secondary N) is 1. The summed E-state index contributed by atoms with van der Waals surface area (Å²) in [6, 6.07) is 2.03. The fourth-order valence-corrected chi connectivity index (χ4v) is 2.18. The first-order valence-corrected chi connectivity index (χ1v) is 6.04. The maximum atomic E-state index is 5.85. The van der Waals surface area contributed by atoms with Crippen LogP contribution in [0, 0.1) is 6.92 Å². The fourth-order valence-electron chi connectivity index (χ4n) is 1.73. The summed E-state index contributed by atoms with van der Waals surface area (Å²) in [5.41, 5.74) is 1.08. The van der Waals surface area contributed by atoms with Crippen LogP contribution in [0.25, 0.3) is 0 Å². The Balaban J connectivity index is 2.03. The van der Waals surface area contributed by atoms with Gasteiger partial charge in [-0.25, -0.2) is 4.98 Å². The van der Waals surface area contributed by atoms with E-state index in [2.05, 4.69) is 26.2 Å². The first kappa shape index (κ1) is 10.9. The van der Waals surface area contributed by atoms with Crippen LogP contribution in [0.2, 0.25) is 0 Å². The van der Waals surface area contributed by atoms with E-state index < -0.39 is 0 Å². The van der Waals surface area contributed by atoms with Crippen molar-refractivity contribution in [3.63, 3.8) is 0 Å². The van der Waals surface area contributed by atoms with Crippen LogP contribution in [-0.2, 0) is 0 Å². The van der Waals surface area contributed by atoms with Crippen LogP contribution in [0.5, 0.6) is 5.88 Å². The second-order valence-electron chi connectivity index (χ2n) is 3.86. The van der Waals surface area contributed by atoms with Crippen molar-refractivity contribution in [2.45, 2.75) is 25.9 Å². The smallest absolute Gasteiger partial charge is 0.216 e. The van der Waals surface area contributed by atoms with E-state index >= 15 is 0 Å². The first-order valence-electron chi connectivity index (χ1n) is 5.25. The van der Waals surface area contributed by atoms with Crippen molar-refractivity contribution in [3.05, 3.63) is 22.3 Å². The van der Waals surface area contributed by atoms with Gasteiger partial charge in [-0.3, -0.25) is 0 Å². The molecule has 2 heterocycles. The van der Waals surface area contributed by atoms with Gasteiger partial charge in [0.15, 0.2) is 0 Å². The van der Waals surface area contributed by atoms with Gasteiger partial charge in [0, 0.05) is 22.8 Å². The maximum Gasteiger partial charge on any atom is 0.216 e. The highest BCUT2D eigenvalue weighted by atomic mass is 79.9. The Labute approximate surface area is 98.4 Å². The van der Waals surface area contributed by atoms with Crippen LogP contribution in [-0.4, -0.2) is 24.2 Å². The standard InChI is InChI=1S/C11H15BrN2O/c1-8-5-9(12)6-14-11(8)15-10-3-2-4-13-7-10/h5-6,10,13H,2-4,7H2,1H3. The number of hydrogen-bond acceptors (Lipinski definition) is 3. The van der Waals surface area contributed by atoms with E-state index in [4.69, 9.17) is 4.74 Å². The molecule has 1 aromatic heterocycles. The minimum atomic E-state index is 0.270. The van der Waals surface area contributed by atoms with Gasteiger partial charge in [0.2, 0.25) is 5.88 Å². The zero-order valence-corrected chi connectivity index (χ0v) is 10.4. The van der Waals surface area contributed by atoms with Gasteiger partial charge >= 0.3 is 0 Å². The molecule has 1 unspecified atom stereocenters. The average Bonchev–Trinajstić information content (AvgIpc) is 2.24. The third kappa shape index (κ3) is 2.92. The number of aromatic nitrogens is 1. The SMILES string of the molecule is Cc1cc(Br)cnc1OC1CCCNC1. The molecule has 0 bridgehead atoms. The molecule has 15 heavy (non-hydrogen) atoms. The summed E-state index contributed by atoms with van der Waals surface area (Å²) in [6.07, 6.45) is 4.34. The number of rotatable bonds is 2. The van der Waals surface area contributed by atoms with Crippen molar-refractivity contribution in [2.24, 2.45) is 0 Å². The van der Waals surface area contributed by atoms with E-state index in [-0.39, 0.29) is 6.10 Å². The summed E-state index contributed by atoms with van der Waals surface area (Å²) in [7, 11) is 0. The summed E-state index contributed by atoms with van der Waals surface area (Å²) in [4.78, 5) is 4.28. The Hall–Kier alpha value is -0.610. The number of piperidine rings is 1. The lowest BCUT2D eigenvalue weighted by Crippen LogP contribution is -2.37. The Morgan fingerprint density at radius 3 is 3.13 bits per heavy atom. The third-order valence-electron chi connectivity index (χ3n) is 2.53. The molecule has 0 saturated carbocycles. The van der Waals surface area contributed by atoms with Crippen molar-refractivity contribution in [1.82, 2.24) is 10.3 Å². The van der Waals surface area contributed by atoms with Gasteiger partial charge in [-0.05, 0) is 48.3 Å². The third-order valence-corrected chi connectivity index (χ3v) is 2.96. The summed E-state index contributed by atoms with van der Waals surface area (Å²) >= 11 is 3.39. The molecule has 1 aliphatic heterocycles. The van der Waals surface area contributed by atoms with Gasteiger partial charge in [0.05, 0.1) is 0 Å². The second kappa shape index (κ2) is 4.94. The minimum Gasteiger partial charge on any atom is -0.473 e. The Bertz CT molecular complexity index is 337. The number of aryl methyl sites for hydroxylation is 1. The quantitative estimate of drug-likeness (QED) is 0.896. The summed E-state index contributed by atoms with van der Waals surface area (Å²) in [5.74, 6) is 0.756. The molecule has 1 N–H and O–H groups in total. The second-order valence-corrected chi connectivity index (χ2v) is 4.78. The summed E-state index contributed by atoms with van der Waals surface area (Å²) < 4.78 is 6.84. The van der Waals surface area contributed by atoms with Crippen molar-refractivity contribution in [2.75, 3.05) is 13.1 Å². The van der Waals surface area contributed by atoms with E-state index in [0.29, 0.717) is 0 Å². The molecule has 1 atom stereocenters. The van der Waals surface area contributed by atoms with Gasteiger partial charge in [-0.2, -0.15) is 0 Å². The number of ether oxygens (including phenoxy) is 1. The molecule has 1 fully saturated rings. The number of halogens is 1. The van der Waals surface area contributed by atoms with Crippen LogP contribution in [0.1, 0.15) is 18.4 Å². The average molecular weight is 271 g/mol. The van der Waals surface area contributed by atoms with E-state index in [1.165, 1.54) is 6.42 Å². The lowest BCUT2D eigenvalue weighted by molar-refractivity contribution is 0.159. The van der Waals surface area contributed by atoms with Crippen molar-refractivity contribution in [1.29, 1.82) is 0 Å². The molecule has 3 nitrogen and oxygen atoms in total. The van der Waals surface area contributed by atoms with E-state index in [1.54, 1.807) is 6.20 Å². The molecule has 0 spiro atoms. The van der Waals surface area contributed by atoms with Crippen LogP contribution >= 0.6 is 15.9 Å². The highest BCUT2D eigenvalue weighted by Gasteiger charge is 2.15. The van der Waals surface area contributed by atoms with Crippen molar-refractivity contribution >= 4 is 15.9 Å². The van der Waals surface area contributed by atoms with Crippen LogP contribution in [0.4, 0.5) is 0 Å². The Morgan fingerprint density at radius 1 is 1.60 bits per heavy atom. The highest BCUT2D eigenvalue weighted by molar-refractivity contribution is 9.10. The van der Waals surface area contributed by atoms with E-state index in [0.717, 1.165) is 35.4 Å². The molecule has 1 aromatic rings. The molecule has 1 aliphatic rings. The minimum absolute atomic E-state index is 0.270. The van der Waals surface area contributed by atoms with Gasteiger partial charge < -0.3 is 10.1 Å². The van der Waals surface area contributed by atoms with E-state index in [9.17, 15) is 0 Å². The van der Waals surface area contributed by atoms with Crippen LogP contribution in [0.3, 0.4) is 0 Å². The fraction of sp³-hybridized carbons (Fsp3) is 0.545. The van der Waals surface area contributed by atoms with Crippen LogP contribution in [0.15, 0.2) is 16.7 Å². The monoisotopic (exact) mass is 270 g/mol. The molecule has 82 valence electrons. The lowest BCUT2D eigenvalue weighted by atomic mass is 10.1. The van der Waals surface area contributed by atoms with Crippen LogP contribution < -0.4 is 10.1 Å². The molecule has 4 heteroatoms. The van der Waals surface area contributed by atoms with Crippen molar-refractivity contribution < 1.29 is 4.74 Å². The van der Waals surface area contributed by atoms with Gasteiger partial charge in [0.1, 0.15) is 6.10 Å². The highest BCUT2D eigenvalue weighted by Crippen LogP contribution is 2.21. The molecule has 2 rings (SSSR count). The predicted molar refractivity (Wildman–Crippen MR) is 63.2 cm³/mol. The maximum absolute atomic E-state index is 5.85. The predicted octanol–water partition coefficient (Wildman–Crippen LogP) is 2.28. The van der Waals surface area contributed by atoms with Gasteiger partial charge in [-0.1, -0.05) is 0 Å². The number of hydrogen-bond donors (Lipinski definition) is 1. The number of pyridine rings is 1. The molecule has 0 aliphatic carbocycles. The first-order chi connectivity index (χ1) is 7.25. The summed E-state index contributed by atoms with van der Waals surface area (Å²) in [6.45, 7) is 4.05. The molecule has 0 aromatic carbocycles. The zero-order valence-electron chi connectivity index (χ0n) is 8.79. The largest absolute Gasteiger partial charge is 0.473 e. The molecule has 0 amide bonds. The summed E-state index contributed by atoms with van der Waals surface area (Å²) in [5, 5.41) is 3.32. The van der Waals surface area contributed by atoms with Crippen molar-refractivity contribution in [3.8, 4) is 5.88 Å². The van der Waals surface area contributed by atoms with Gasteiger partial charge in [0.25, 0.3) is 0 Å². The molecule has 0 radical (unpaired) electrons. The molecule has 1 saturated heterocycles. The zero-order chi connectivity index (χ0) is 10.7.